The molecule has 1 aliphatic rings. The molecule has 0 aromatic rings. The van der Waals surface area contributed by atoms with E-state index in [0.717, 1.165) is 0 Å². The predicted molar refractivity (Wildman–Crippen MR) is 52.1 cm³/mol. The van der Waals surface area contributed by atoms with Gasteiger partial charge < -0.3 is 9.47 Å². The normalized spacial score (nSPS) is 18.9. The molecule has 90 valence electrons. The second-order valence-corrected chi connectivity index (χ2v) is 3.67. The number of alkyl halides is 3. The summed E-state index contributed by atoms with van der Waals surface area (Å²) in [6, 6.07) is 0. The average molecular weight is 254 g/mol. The quantitative estimate of drug-likeness (QED) is 0.560. The minimum atomic E-state index is -4.78. The molecule has 0 unspecified atom stereocenters. The van der Waals surface area contributed by atoms with Crippen molar-refractivity contribution in [1.82, 2.24) is 0 Å². The van der Waals surface area contributed by atoms with Crippen LogP contribution in [0, 0.1) is 0 Å². The second kappa shape index (κ2) is 4.82. The number of ether oxygens (including phenoxy) is 2. The lowest BCUT2D eigenvalue weighted by Crippen LogP contribution is -2.23. The first-order valence-corrected chi connectivity index (χ1v) is 5.24. The lowest BCUT2D eigenvalue weighted by atomic mass is 10.3. The van der Waals surface area contributed by atoms with Crippen LogP contribution in [-0.4, -0.2) is 18.8 Å². The SMILES string of the molecule is CCOC(=O)/C(=C1/OC(C)=CS1)C(F)(F)F. The molecule has 0 radical (unpaired) electrons. The number of halogens is 3. The van der Waals surface area contributed by atoms with Gasteiger partial charge in [-0.05, 0) is 13.8 Å². The second-order valence-electron chi connectivity index (χ2n) is 2.83. The number of hydrogen-bond acceptors (Lipinski definition) is 4. The molecule has 1 heterocycles. The molecule has 0 saturated heterocycles. The van der Waals surface area contributed by atoms with Crippen molar-refractivity contribution in [2.75, 3.05) is 6.61 Å². The third kappa shape index (κ3) is 2.94. The van der Waals surface area contributed by atoms with Crippen molar-refractivity contribution in [2.45, 2.75) is 20.0 Å². The molecule has 1 aliphatic heterocycles. The summed E-state index contributed by atoms with van der Waals surface area (Å²) in [5, 5.41) is 0.906. The highest BCUT2D eigenvalue weighted by molar-refractivity contribution is 8.05. The van der Waals surface area contributed by atoms with Crippen LogP contribution < -0.4 is 0 Å². The summed E-state index contributed by atoms with van der Waals surface area (Å²) in [4.78, 5) is 11.2. The third-order valence-corrected chi connectivity index (χ3v) is 2.50. The van der Waals surface area contributed by atoms with Crippen LogP contribution in [0.3, 0.4) is 0 Å². The molecule has 0 bridgehead atoms. The highest BCUT2D eigenvalue weighted by Crippen LogP contribution is 2.39. The summed E-state index contributed by atoms with van der Waals surface area (Å²) in [5.41, 5.74) is -1.40. The minimum absolute atomic E-state index is 0.122. The van der Waals surface area contributed by atoms with Crippen LogP contribution in [0.5, 0.6) is 0 Å². The topological polar surface area (TPSA) is 35.5 Å². The maximum atomic E-state index is 12.6. The molecule has 0 saturated carbocycles. The van der Waals surface area contributed by atoms with Crippen LogP contribution in [0.4, 0.5) is 13.2 Å². The van der Waals surface area contributed by atoms with Crippen molar-refractivity contribution in [1.29, 1.82) is 0 Å². The highest BCUT2D eigenvalue weighted by atomic mass is 32.2. The highest BCUT2D eigenvalue weighted by Gasteiger charge is 2.44. The molecule has 0 N–H and O–H groups in total. The molecule has 0 atom stereocenters. The molecule has 0 spiro atoms. The first kappa shape index (κ1) is 13.0. The Morgan fingerprint density at radius 1 is 1.56 bits per heavy atom. The van der Waals surface area contributed by atoms with Crippen LogP contribution in [0.15, 0.2) is 21.8 Å². The predicted octanol–water partition coefficient (Wildman–Crippen LogP) is 2.95. The van der Waals surface area contributed by atoms with Crippen LogP contribution in [0.1, 0.15) is 13.8 Å². The maximum absolute atomic E-state index is 12.6. The van der Waals surface area contributed by atoms with Gasteiger partial charge in [0.25, 0.3) is 0 Å². The van der Waals surface area contributed by atoms with E-state index in [1.54, 1.807) is 0 Å². The van der Waals surface area contributed by atoms with Crippen molar-refractivity contribution >= 4 is 17.7 Å². The van der Waals surface area contributed by atoms with E-state index in [9.17, 15) is 18.0 Å². The van der Waals surface area contributed by atoms with E-state index < -0.39 is 22.8 Å². The molecule has 0 amide bonds. The van der Waals surface area contributed by atoms with Crippen LogP contribution in [0.2, 0.25) is 0 Å². The molecule has 0 fully saturated rings. The molecular weight excluding hydrogens is 245 g/mol. The molecule has 7 heteroatoms. The summed E-state index contributed by atoms with van der Waals surface area (Å²) >= 11 is 0.714. The summed E-state index contributed by atoms with van der Waals surface area (Å²) in [5.74, 6) is -1.10. The Labute approximate surface area is 94.3 Å². The smallest absolute Gasteiger partial charge is 0.427 e. The Kier molecular flexibility index (Phi) is 3.90. The number of rotatable bonds is 2. The summed E-state index contributed by atoms with van der Waals surface area (Å²) in [6.07, 6.45) is -4.78. The number of hydrogen-bond donors (Lipinski definition) is 0. The summed E-state index contributed by atoms with van der Waals surface area (Å²) < 4.78 is 46.9. The number of esters is 1. The fourth-order valence-corrected chi connectivity index (χ4v) is 1.78. The summed E-state index contributed by atoms with van der Waals surface area (Å²) in [7, 11) is 0. The first-order valence-electron chi connectivity index (χ1n) is 4.36. The van der Waals surface area contributed by atoms with Crippen molar-refractivity contribution in [2.24, 2.45) is 0 Å². The zero-order valence-corrected chi connectivity index (χ0v) is 9.37. The van der Waals surface area contributed by atoms with E-state index in [0.29, 0.717) is 17.5 Å². The molecule has 1 rings (SSSR count). The molecule has 3 nitrogen and oxygen atoms in total. The molecule has 16 heavy (non-hydrogen) atoms. The van der Waals surface area contributed by atoms with E-state index in [2.05, 4.69) is 4.74 Å². The molecule has 0 aromatic heterocycles. The van der Waals surface area contributed by atoms with Crippen LogP contribution in [0.25, 0.3) is 0 Å². The van der Waals surface area contributed by atoms with Gasteiger partial charge in [0.2, 0.25) is 0 Å². The van der Waals surface area contributed by atoms with Gasteiger partial charge in [-0.15, -0.1) is 0 Å². The van der Waals surface area contributed by atoms with Gasteiger partial charge >= 0.3 is 12.1 Å². The zero-order valence-electron chi connectivity index (χ0n) is 8.55. The minimum Gasteiger partial charge on any atom is -0.462 e. The van der Waals surface area contributed by atoms with Gasteiger partial charge in [0.05, 0.1) is 6.61 Å². The molecule has 0 aliphatic carbocycles. The van der Waals surface area contributed by atoms with Crippen LogP contribution in [-0.2, 0) is 14.3 Å². The van der Waals surface area contributed by atoms with E-state index in [-0.39, 0.29) is 6.61 Å². The zero-order chi connectivity index (χ0) is 12.3. The number of allylic oxidation sites excluding steroid dienone is 1. The van der Waals surface area contributed by atoms with Gasteiger partial charge in [-0.3, -0.25) is 0 Å². The monoisotopic (exact) mass is 254 g/mol. The fourth-order valence-electron chi connectivity index (χ4n) is 0.959. The summed E-state index contributed by atoms with van der Waals surface area (Å²) in [6.45, 7) is 2.81. The Bertz CT molecular complexity index is 358. The largest absolute Gasteiger partial charge is 0.462 e. The van der Waals surface area contributed by atoms with Crippen molar-refractivity contribution in [3.05, 3.63) is 21.8 Å². The van der Waals surface area contributed by atoms with Gasteiger partial charge in [0, 0.05) is 5.41 Å². The van der Waals surface area contributed by atoms with E-state index in [1.807, 2.05) is 0 Å². The van der Waals surface area contributed by atoms with Crippen LogP contribution >= 0.6 is 11.8 Å². The lowest BCUT2D eigenvalue weighted by molar-refractivity contribution is -0.150. The van der Waals surface area contributed by atoms with Crippen molar-refractivity contribution in [3.63, 3.8) is 0 Å². The van der Waals surface area contributed by atoms with Crippen molar-refractivity contribution in [3.8, 4) is 0 Å². The number of thioether (sulfide) groups is 1. The Balaban J connectivity index is 3.03. The lowest BCUT2D eigenvalue weighted by Gasteiger charge is -2.12. The maximum Gasteiger partial charge on any atom is 0.427 e. The third-order valence-electron chi connectivity index (χ3n) is 1.55. The standard InChI is InChI=1S/C9H9F3O3S/c1-3-14-7(13)6(9(10,11)12)8-15-5(2)4-16-8/h4H,3H2,1-2H3/b8-6+. The van der Waals surface area contributed by atoms with Gasteiger partial charge in [0.1, 0.15) is 5.76 Å². The van der Waals surface area contributed by atoms with Gasteiger partial charge in [-0.2, -0.15) is 13.2 Å². The van der Waals surface area contributed by atoms with E-state index in [1.165, 1.54) is 19.3 Å². The Morgan fingerprint density at radius 2 is 2.19 bits per heavy atom. The molecule has 0 aromatic carbocycles. The van der Waals surface area contributed by atoms with E-state index in [4.69, 9.17) is 4.74 Å². The Morgan fingerprint density at radius 3 is 2.56 bits per heavy atom. The Hall–Kier alpha value is -1.11. The average Bonchev–Trinajstić information content (AvgIpc) is 2.49. The van der Waals surface area contributed by atoms with Gasteiger partial charge in [-0.25, -0.2) is 4.79 Å². The van der Waals surface area contributed by atoms with Gasteiger partial charge in [-0.1, -0.05) is 11.8 Å². The number of carbonyl (C=O) groups is 1. The first-order chi connectivity index (χ1) is 7.36. The van der Waals surface area contributed by atoms with E-state index >= 15 is 0 Å². The molecular formula is C9H9F3O3S. The van der Waals surface area contributed by atoms with Gasteiger partial charge in [0.15, 0.2) is 10.7 Å². The number of carbonyl (C=O) groups excluding carboxylic acids is 1. The fraction of sp³-hybridized carbons (Fsp3) is 0.444. The van der Waals surface area contributed by atoms with Crippen molar-refractivity contribution < 1.29 is 27.4 Å².